The first kappa shape index (κ1) is 15.1. The second-order valence-corrected chi connectivity index (χ2v) is 7.73. The summed E-state index contributed by atoms with van der Waals surface area (Å²) in [6.07, 6.45) is 1.72. The number of benzene rings is 1. The lowest BCUT2D eigenvalue weighted by molar-refractivity contribution is 0.208. The molecular formula is C13H17ClN2O3S. The van der Waals surface area contributed by atoms with Gasteiger partial charge in [0.2, 0.25) is 0 Å². The minimum Gasteiger partial charge on any atom is -0.334 e. The van der Waals surface area contributed by atoms with Crippen LogP contribution in [0.25, 0.3) is 0 Å². The van der Waals surface area contributed by atoms with Crippen molar-refractivity contribution < 1.29 is 13.2 Å². The first-order valence-electron chi connectivity index (χ1n) is 6.32. The van der Waals surface area contributed by atoms with Gasteiger partial charge in [0.25, 0.3) is 0 Å². The monoisotopic (exact) mass is 316 g/mol. The quantitative estimate of drug-likeness (QED) is 0.922. The molecule has 5 nitrogen and oxygen atoms in total. The number of urea groups is 1. The molecule has 1 aliphatic rings. The number of sulfone groups is 1. The van der Waals surface area contributed by atoms with Crippen molar-refractivity contribution in [1.29, 1.82) is 0 Å². The number of carbonyl (C=O) groups excluding carboxylic acids is 1. The molecule has 2 amide bonds. The highest BCUT2D eigenvalue weighted by Gasteiger charge is 2.32. The molecule has 2 rings (SSSR count). The second kappa shape index (κ2) is 6.01. The predicted molar refractivity (Wildman–Crippen MR) is 78.5 cm³/mol. The van der Waals surface area contributed by atoms with Crippen LogP contribution in [0.15, 0.2) is 24.3 Å². The van der Waals surface area contributed by atoms with Gasteiger partial charge in [0.05, 0.1) is 5.25 Å². The van der Waals surface area contributed by atoms with Crippen LogP contribution in [-0.2, 0) is 16.4 Å². The molecule has 1 saturated heterocycles. The van der Waals surface area contributed by atoms with Crippen LogP contribution >= 0.6 is 11.6 Å². The Kier molecular flexibility index (Phi) is 4.55. The summed E-state index contributed by atoms with van der Waals surface area (Å²) in [7, 11) is -3.08. The van der Waals surface area contributed by atoms with Crippen LogP contribution < -0.4 is 5.32 Å². The summed E-state index contributed by atoms with van der Waals surface area (Å²) in [5.74, 6) is 0. The Morgan fingerprint density at radius 3 is 2.60 bits per heavy atom. The fraction of sp³-hybridized carbons (Fsp3) is 0.462. The second-order valence-electron chi connectivity index (χ2n) is 4.97. The van der Waals surface area contributed by atoms with Crippen molar-refractivity contribution in [2.75, 3.05) is 19.3 Å². The zero-order valence-corrected chi connectivity index (χ0v) is 12.7. The number of amides is 2. The van der Waals surface area contributed by atoms with Crippen LogP contribution in [0.2, 0.25) is 5.02 Å². The van der Waals surface area contributed by atoms with Crippen LogP contribution in [0.5, 0.6) is 0 Å². The molecular weight excluding hydrogens is 300 g/mol. The number of nitrogens with one attached hydrogen (secondary N) is 1. The van der Waals surface area contributed by atoms with Gasteiger partial charge in [-0.25, -0.2) is 13.2 Å². The van der Waals surface area contributed by atoms with Crippen molar-refractivity contribution >= 4 is 27.5 Å². The molecule has 1 heterocycles. The third-order valence-electron chi connectivity index (χ3n) is 3.39. The molecule has 0 bridgehead atoms. The van der Waals surface area contributed by atoms with E-state index in [2.05, 4.69) is 5.32 Å². The summed E-state index contributed by atoms with van der Waals surface area (Å²) in [6.45, 7) is 1.14. The lowest BCUT2D eigenvalue weighted by Crippen LogP contribution is -2.39. The van der Waals surface area contributed by atoms with Gasteiger partial charge in [-0.3, -0.25) is 0 Å². The molecule has 1 fully saturated rings. The van der Waals surface area contributed by atoms with E-state index in [1.807, 2.05) is 12.1 Å². The maximum absolute atomic E-state index is 12.0. The van der Waals surface area contributed by atoms with E-state index >= 15 is 0 Å². The van der Waals surface area contributed by atoms with Crippen molar-refractivity contribution in [3.63, 3.8) is 0 Å². The van der Waals surface area contributed by atoms with E-state index in [1.165, 1.54) is 6.26 Å². The lowest BCUT2D eigenvalue weighted by atomic mass is 10.2. The van der Waals surface area contributed by atoms with Crippen molar-refractivity contribution in [3.8, 4) is 0 Å². The summed E-state index contributed by atoms with van der Waals surface area (Å²) < 4.78 is 22.9. The van der Waals surface area contributed by atoms with Crippen molar-refractivity contribution in [3.05, 3.63) is 34.9 Å². The molecule has 110 valence electrons. The number of hydrogen-bond acceptors (Lipinski definition) is 3. The summed E-state index contributed by atoms with van der Waals surface area (Å²) in [4.78, 5) is 13.5. The molecule has 1 aromatic rings. The third-order valence-corrected chi connectivity index (χ3v) is 5.24. The van der Waals surface area contributed by atoms with E-state index in [9.17, 15) is 13.2 Å². The van der Waals surface area contributed by atoms with Gasteiger partial charge in [-0.05, 0) is 24.1 Å². The smallest absolute Gasteiger partial charge is 0.317 e. The minimum atomic E-state index is -3.08. The molecule has 0 spiro atoms. The van der Waals surface area contributed by atoms with Crippen LogP contribution in [-0.4, -0.2) is 43.9 Å². The minimum absolute atomic E-state index is 0.230. The first-order valence-corrected chi connectivity index (χ1v) is 8.65. The fourth-order valence-electron chi connectivity index (χ4n) is 2.15. The molecule has 0 aliphatic carbocycles. The van der Waals surface area contributed by atoms with E-state index < -0.39 is 15.1 Å². The molecule has 7 heteroatoms. The average molecular weight is 317 g/mol. The average Bonchev–Trinajstić information content (AvgIpc) is 2.87. The number of nitrogens with zero attached hydrogens (tertiary/aromatic N) is 1. The number of carbonyl (C=O) groups is 1. The van der Waals surface area contributed by atoms with Gasteiger partial charge in [0.15, 0.2) is 9.84 Å². The Morgan fingerprint density at radius 1 is 1.40 bits per heavy atom. The van der Waals surface area contributed by atoms with Crippen LogP contribution in [0.1, 0.15) is 12.0 Å². The largest absolute Gasteiger partial charge is 0.334 e. The number of hydrogen-bond donors (Lipinski definition) is 1. The first-order chi connectivity index (χ1) is 9.36. The fourth-order valence-corrected chi connectivity index (χ4v) is 3.26. The van der Waals surface area contributed by atoms with Crippen molar-refractivity contribution in [1.82, 2.24) is 10.2 Å². The van der Waals surface area contributed by atoms with Crippen LogP contribution in [0.4, 0.5) is 4.79 Å². The Hall–Kier alpha value is -1.27. The predicted octanol–water partition coefficient (Wildman–Crippen LogP) is 1.67. The topological polar surface area (TPSA) is 66.5 Å². The molecule has 0 radical (unpaired) electrons. The summed E-state index contributed by atoms with van der Waals surface area (Å²) in [6, 6.07) is 6.97. The standard InChI is InChI=1S/C13H17ClN2O3S/c1-20(18,19)12-6-7-16(9-12)13(17)15-8-10-2-4-11(14)5-3-10/h2-5,12H,6-9H2,1H3,(H,15,17)/t12-/m1/s1. The third kappa shape index (κ3) is 3.86. The highest BCUT2D eigenvalue weighted by molar-refractivity contribution is 7.91. The SMILES string of the molecule is CS(=O)(=O)[C@@H]1CCN(C(=O)NCc2ccc(Cl)cc2)C1. The number of likely N-dealkylation sites (tertiary alicyclic amines) is 1. The van der Waals surface area contributed by atoms with E-state index in [1.54, 1.807) is 17.0 Å². The van der Waals surface area contributed by atoms with Gasteiger partial charge in [-0.15, -0.1) is 0 Å². The molecule has 0 saturated carbocycles. The molecule has 0 unspecified atom stereocenters. The lowest BCUT2D eigenvalue weighted by Gasteiger charge is -2.17. The molecule has 0 aromatic heterocycles. The summed E-state index contributed by atoms with van der Waals surface area (Å²) in [5.41, 5.74) is 0.946. The van der Waals surface area contributed by atoms with Crippen molar-refractivity contribution in [2.45, 2.75) is 18.2 Å². The van der Waals surface area contributed by atoms with Gasteiger partial charge < -0.3 is 10.2 Å². The molecule has 1 N–H and O–H groups in total. The Labute approximate surface area is 123 Å². The molecule has 1 aromatic carbocycles. The zero-order valence-electron chi connectivity index (χ0n) is 11.2. The van der Waals surface area contributed by atoms with E-state index in [0.717, 1.165) is 5.56 Å². The maximum atomic E-state index is 12.0. The summed E-state index contributed by atoms with van der Waals surface area (Å²) in [5, 5.41) is 2.99. The van der Waals surface area contributed by atoms with Gasteiger partial charge in [-0.2, -0.15) is 0 Å². The highest BCUT2D eigenvalue weighted by atomic mass is 35.5. The van der Waals surface area contributed by atoms with Crippen LogP contribution in [0.3, 0.4) is 0 Å². The molecule has 1 atom stereocenters. The van der Waals surface area contributed by atoms with Gasteiger partial charge in [0, 0.05) is 30.9 Å². The van der Waals surface area contributed by atoms with Crippen LogP contribution in [0, 0.1) is 0 Å². The normalized spacial score (nSPS) is 19.1. The summed E-state index contributed by atoms with van der Waals surface area (Å²) >= 11 is 5.78. The van der Waals surface area contributed by atoms with E-state index in [4.69, 9.17) is 11.6 Å². The van der Waals surface area contributed by atoms with E-state index in [0.29, 0.717) is 24.5 Å². The highest BCUT2D eigenvalue weighted by Crippen LogP contribution is 2.16. The molecule has 1 aliphatic heterocycles. The number of halogens is 1. The zero-order chi connectivity index (χ0) is 14.8. The van der Waals surface area contributed by atoms with Gasteiger partial charge >= 0.3 is 6.03 Å². The van der Waals surface area contributed by atoms with Gasteiger partial charge in [0.1, 0.15) is 0 Å². The number of rotatable bonds is 3. The maximum Gasteiger partial charge on any atom is 0.317 e. The van der Waals surface area contributed by atoms with Gasteiger partial charge in [-0.1, -0.05) is 23.7 Å². The van der Waals surface area contributed by atoms with E-state index in [-0.39, 0.29) is 12.6 Å². The Bertz CT molecular complexity index is 586. The molecule has 20 heavy (non-hydrogen) atoms. The van der Waals surface area contributed by atoms with Crippen molar-refractivity contribution in [2.24, 2.45) is 0 Å². The Morgan fingerprint density at radius 2 is 2.05 bits per heavy atom. The Balaban J connectivity index is 1.86.